The van der Waals surface area contributed by atoms with Crippen LogP contribution in [0.15, 0.2) is 59.5 Å². The van der Waals surface area contributed by atoms with Crippen molar-refractivity contribution in [3.8, 4) is 5.75 Å². The van der Waals surface area contributed by atoms with Gasteiger partial charge >= 0.3 is 0 Å². The number of hydrogen-bond donors (Lipinski definition) is 1. The molecule has 0 saturated heterocycles. The number of Topliss-reactive ketones (excluding diaryl/α,β-unsaturated/α-hetero) is 1. The van der Waals surface area contributed by atoms with E-state index in [1.165, 1.54) is 12.1 Å². The zero-order valence-corrected chi connectivity index (χ0v) is 14.5. The number of carbonyl (C=O) groups excluding carboxylic acids is 1. The Hall–Kier alpha value is -2.18. The monoisotopic (exact) mass is 347 g/mol. The van der Waals surface area contributed by atoms with Crippen molar-refractivity contribution >= 4 is 15.8 Å². The number of carbonyl (C=O) groups is 1. The summed E-state index contributed by atoms with van der Waals surface area (Å²) in [6, 6.07) is 14.7. The van der Waals surface area contributed by atoms with Gasteiger partial charge in [0.05, 0.1) is 18.0 Å². The Morgan fingerprint density at radius 2 is 1.79 bits per heavy atom. The number of ketones is 1. The first-order valence-electron chi connectivity index (χ1n) is 7.69. The minimum absolute atomic E-state index is 0.131. The molecule has 0 aliphatic rings. The summed E-state index contributed by atoms with van der Waals surface area (Å²) in [4.78, 5) is 12.4. The van der Waals surface area contributed by atoms with Crippen LogP contribution in [0, 0.1) is 5.92 Å². The fourth-order valence-corrected chi connectivity index (χ4v) is 2.97. The highest BCUT2D eigenvalue weighted by Crippen LogP contribution is 2.15. The lowest BCUT2D eigenvalue weighted by atomic mass is 10.1. The molecule has 2 aromatic carbocycles. The van der Waals surface area contributed by atoms with Crippen LogP contribution in [-0.4, -0.2) is 27.4 Å². The Balaban J connectivity index is 2.01. The molecule has 2 aromatic rings. The van der Waals surface area contributed by atoms with Crippen LogP contribution < -0.4 is 9.46 Å². The normalized spacial score (nSPS) is 11.5. The maximum Gasteiger partial charge on any atom is 0.240 e. The molecule has 0 saturated carbocycles. The predicted molar refractivity (Wildman–Crippen MR) is 92.7 cm³/mol. The molecule has 0 aliphatic carbocycles. The van der Waals surface area contributed by atoms with Crippen LogP contribution >= 0.6 is 0 Å². The molecule has 0 spiro atoms. The first kappa shape index (κ1) is 18.2. The first-order valence-corrected chi connectivity index (χ1v) is 9.17. The summed E-state index contributed by atoms with van der Waals surface area (Å²) >= 11 is 0. The van der Waals surface area contributed by atoms with Gasteiger partial charge in [-0.05, 0) is 30.2 Å². The van der Waals surface area contributed by atoms with Crippen LogP contribution in [0.5, 0.6) is 5.75 Å². The molecule has 0 bridgehead atoms. The van der Waals surface area contributed by atoms with Gasteiger partial charge in [-0.1, -0.05) is 44.2 Å². The van der Waals surface area contributed by atoms with Gasteiger partial charge in [-0.15, -0.1) is 0 Å². The van der Waals surface area contributed by atoms with Crippen LogP contribution in [0.1, 0.15) is 24.2 Å². The topological polar surface area (TPSA) is 72.5 Å². The predicted octanol–water partition coefficient (Wildman–Crippen LogP) is 2.88. The zero-order valence-electron chi connectivity index (χ0n) is 13.7. The van der Waals surface area contributed by atoms with Gasteiger partial charge in [0.1, 0.15) is 5.75 Å². The van der Waals surface area contributed by atoms with Crippen molar-refractivity contribution in [3.05, 3.63) is 60.2 Å². The van der Waals surface area contributed by atoms with Crippen LogP contribution in [0.2, 0.25) is 0 Å². The maximum atomic E-state index is 12.2. The Labute approximate surface area is 142 Å². The van der Waals surface area contributed by atoms with Gasteiger partial charge in [-0.25, -0.2) is 13.1 Å². The van der Waals surface area contributed by atoms with E-state index in [4.69, 9.17) is 4.74 Å². The average molecular weight is 347 g/mol. The van der Waals surface area contributed by atoms with E-state index < -0.39 is 10.0 Å². The second-order valence-electron chi connectivity index (χ2n) is 5.79. The van der Waals surface area contributed by atoms with E-state index in [9.17, 15) is 13.2 Å². The highest BCUT2D eigenvalue weighted by molar-refractivity contribution is 7.89. The summed E-state index contributed by atoms with van der Waals surface area (Å²) in [7, 11) is -3.70. The molecule has 5 nitrogen and oxygen atoms in total. The van der Waals surface area contributed by atoms with Crippen molar-refractivity contribution in [2.24, 2.45) is 5.92 Å². The summed E-state index contributed by atoms with van der Waals surface area (Å²) in [5.41, 5.74) is 0.409. The maximum absolute atomic E-state index is 12.2. The number of ether oxygens (including phenoxy) is 1. The van der Waals surface area contributed by atoms with E-state index in [0.717, 1.165) is 0 Å². The molecule has 0 unspecified atom stereocenters. The standard InChI is InChI=1S/C18H21NO4S/c1-14(2)13-23-16-8-6-7-15(11-16)18(20)12-19-24(21,22)17-9-4-3-5-10-17/h3-11,14,19H,12-13H2,1-2H3. The largest absolute Gasteiger partial charge is 0.493 e. The lowest BCUT2D eigenvalue weighted by molar-refractivity contribution is 0.0996. The molecule has 6 heteroatoms. The van der Waals surface area contributed by atoms with Gasteiger partial charge in [0, 0.05) is 5.56 Å². The molecule has 0 amide bonds. The summed E-state index contributed by atoms with van der Waals surface area (Å²) in [6.07, 6.45) is 0. The Morgan fingerprint density at radius 3 is 2.46 bits per heavy atom. The Kier molecular flexibility index (Phi) is 6.11. The molecule has 0 heterocycles. The second kappa shape index (κ2) is 8.08. The second-order valence-corrected chi connectivity index (χ2v) is 7.56. The Bertz CT molecular complexity index is 786. The highest BCUT2D eigenvalue weighted by Gasteiger charge is 2.16. The van der Waals surface area contributed by atoms with Crippen molar-refractivity contribution in [2.45, 2.75) is 18.7 Å². The Morgan fingerprint density at radius 1 is 1.08 bits per heavy atom. The van der Waals surface area contributed by atoms with E-state index >= 15 is 0 Å². The lowest BCUT2D eigenvalue weighted by Gasteiger charge is -2.10. The van der Waals surface area contributed by atoms with Crippen molar-refractivity contribution < 1.29 is 17.9 Å². The van der Waals surface area contributed by atoms with E-state index in [0.29, 0.717) is 23.8 Å². The number of rotatable bonds is 8. The third kappa shape index (κ3) is 5.18. The van der Waals surface area contributed by atoms with Crippen molar-refractivity contribution in [1.29, 1.82) is 0 Å². The zero-order chi connectivity index (χ0) is 17.6. The van der Waals surface area contributed by atoms with Crippen molar-refractivity contribution in [3.63, 3.8) is 0 Å². The van der Waals surface area contributed by atoms with Gasteiger partial charge in [0.15, 0.2) is 5.78 Å². The quantitative estimate of drug-likeness (QED) is 0.745. The summed E-state index contributed by atoms with van der Waals surface area (Å²) in [5, 5.41) is 0. The van der Waals surface area contributed by atoms with Gasteiger partial charge in [0.25, 0.3) is 0 Å². The van der Waals surface area contributed by atoms with Gasteiger partial charge in [-0.2, -0.15) is 0 Å². The van der Waals surface area contributed by atoms with Crippen LogP contribution in [0.3, 0.4) is 0 Å². The molecule has 1 N–H and O–H groups in total. The average Bonchev–Trinajstić information content (AvgIpc) is 2.59. The molecule has 0 radical (unpaired) electrons. The molecule has 24 heavy (non-hydrogen) atoms. The fourth-order valence-electron chi connectivity index (χ4n) is 1.97. The minimum atomic E-state index is -3.70. The number of nitrogens with one attached hydrogen (secondary N) is 1. The third-order valence-electron chi connectivity index (χ3n) is 3.22. The molecule has 0 aliphatic heterocycles. The van der Waals surface area contributed by atoms with Crippen LogP contribution in [0.4, 0.5) is 0 Å². The van der Waals surface area contributed by atoms with Crippen LogP contribution in [0.25, 0.3) is 0 Å². The van der Waals surface area contributed by atoms with Crippen molar-refractivity contribution in [1.82, 2.24) is 4.72 Å². The first-order chi connectivity index (χ1) is 11.4. The van der Waals surface area contributed by atoms with Gasteiger partial charge in [0.2, 0.25) is 10.0 Å². The van der Waals surface area contributed by atoms with E-state index in [1.54, 1.807) is 42.5 Å². The number of benzene rings is 2. The number of hydrogen-bond acceptors (Lipinski definition) is 4. The molecular weight excluding hydrogens is 326 g/mol. The lowest BCUT2D eigenvalue weighted by Crippen LogP contribution is -2.29. The fraction of sp³-hybridized carbons (Fsp3) is 0.278. The number of sulfonamides is 1. The van der Waals surface area contributed by atoms with E-state index in [1.807, 2.05) is 13.8 Å². The third-order valence-corrected chi connectivity index (χ3v) is 4.63. The smallest absolute Gasteiger partial charge is 0.240 e. The molecule has 0 atom stereocenters. The van der Waals surface area contributed by atoms with Crippen molar-refractivity contribution in [2.75, 3.05) is 13.2 Å². The molecule has 0 aromatic heterocycles. The minimum Gasteiger partial charge on any atom is -0.493 e. The van der Waals surface area contributed by atoms with Gasteiger partial charge in [-0.3, -0.25) is 4.79 Å². The summed E-state index contributed by atoms with van der Waals surface area (Å²) in [6.45, 7) is 4.32. The van der Waals surface area contributed by atoms with Crippen LogP contribution in [-0.2, 0) is 10.0 Å². The molecule has 0 fully saturated rings. The highest BCUT2D eigenvalue weighted by atomic mass is 32.2. The SMILES string of the molecule is CC(C)COc1cccc(C(=O)CNS(=O)(=O)c2ccccc2)c1. The molecule has 128 valence electrons. The van der Waals surface area contributed by atoms with E-state index in [2.05, 4.69) is 4.72 Å². The van der Waals surface area contributed by atoms with E-state index in [-0.39, 0.29) is 17.2 Å². The molecule has 2 rings (SSSR count). The summed E-state index contributed by atoms with van der Waals surface area (Å²) in [5.74, 6) is 0.659. The summed E-state index contributed by atoms with van der Waals surface area (Å²) < 4.78 is 32.2. The van der Waals surface area contributed by atoms with Gasteiger partial charge < -0.3 is 4.74 Å². The molecular formula is C18H21NO4S.